The maximum atomic E-state index is 11.9. The minimum atomic E-state index is 0.148. The first kappa shape index (κ1) is 15.6. The predicted octanol–water partition coefficient (Wildman–Crippen LogP) is 2.31. The SMILES string of the molecule is O=C(CCCn1cccn1)NCC1CCN(c2ccccc2)C1. The molecule has 3 rings (SSSR count). The molecule has 1 aliphatic heterocycles. The molecule has 0 radical (unpaired) electrons. The number of hydrogen-bond acceptors (Lipinski definition) is 3. The summed E-state index contributed by atoms with van der Waals surface area (Å²) in [5.41, 5.74) is 1.28. The Labute approximate surface area is 137 Å². The zero-order valence-electron chi connectivity index (χ0n) is 13.4. The highest BCUT2D eigenvalue weighted by atomic mass is 16.1. The average molecular weight is 312 g/mol. The Balaban J connectivity index is 1.33. The van der Waals surface area contributed by atoms with Gasteiger partial charge in [-0.2, -0.15) is 5.10 Å². The Morgan fingerprint density at radius 3 is 2.91 bits per heavy atom. The largest absolute Gasteiger partial charge is 0.371 e. The number of para-hydroxylation sites is 1. The summed E-state index contributed by atoms with van der Waals surface area (Å²) in [6, 6.07) is 12.4. The molecule has 1 unspecified atom stereocenters. The number of aromatic nitrogens is 2. The molecule has 1 atom stereocenters. The van der Waals surface area contributed by atoms with Crippen LogP contribution >= 0.6 is 0 Å². The van der Waals surface area contributed by atoms with E-state index in [0.717, 1.165) is 39.0 Å². The number of hydrogen-bond donors (Lipinski definition) is 1. The second-order valence-electron chi connectivity index (χ2n) is 6.11. The van der Waals surface area contributed by atoms with E-state index >= 15 is 0 Å². The van der Waals surface area contributed by atoms with Crippen molar-refractivity contribution >= 4 is 11.6 Å². The minimum Gasteiger partial charge on any atom is -0.371 e. The Kier molecular flexibility index (Phi) is 5.29. The highest BCUT2D eigenvalue weighted by Gasteiger charge is 2.22. The molecule has 1 fully saturated rings. The number of nitrogens with zero attached hydrogens (tertiary/aromatic N) is 3. The van der Waals surface area contributed by atoms with Gasteiger partial charge in [0.25, 0.3) is 0 Å². The number of nitrogens with one attached hydrogen (secondary N) is 1. The van der Waals surface area contributed by atoms with Crippen molar-refractivity contribution in [2.45, 2.75) is 25.8 Å². The van der Waals surface area contributed by atoms with E-state index in [4.69, 9.17) is 0 Å². The van der Waals surface area contributed by atoms with Crippen LogP contribution in [-0.2, 0) is 11.3 Å². The third-order valence-electron chi connectivity index (χ3n) is 4.35. The molecule has 5 heteroatoms. The van der Waals surface area contributed by atoms with Gasteiger partial charge < -0.3 is 10.2 Å². The number of amides is 1. The smallest absolute Gasteiger partial charge is 0.220 e. The van der Waals surface area contributed by atoms with Crippen molar-refractivity contribution in [3.8, 4) is 0 Å². The monoisotopic (exact) mass is 312 g/mol. The lowest BCUT2D eigenvalue weighted by molar-refractivity contribution is -0.121. The molecule has 0 spiro atoms. The molecule has 1 N–H and O–H groups in total. The fraction of sp³-hybridized carbons (Fsp3) is 0.444. The molecular weight excluding hydrogens is 288 g/mol. The van der Waals surface area contributed by atoms with E-state index in [1.165, 1.54) is 5.69 Å². The van der Waals surface area contributed by atoms with Crippen molar-refractivity contribution in [1.82, 2.24) is 15.1 Å². The van der Waals surface area contributed by atoms with Crippen LogP contribution < -0.4 is 10.2 Å². The second kappa shape index (κ2) is 7.81. The van der Waals surface area contributed by atoms with Crippen LogP contribution in [0.15, 0.2) is 48.8 Å². The van der Waals surface area contributed by atoms with E-state index in [1.54, 1.807) is 6.20 Å². The van der Waals surface area contributed by atoms with Crippen molar-refractivity contribution in [2.75, 3.05) is 24.5 Å². The molecule has 1 amide bonds. The number of anilines is 1. The summed E-state index contributed by atoms with van der Waals surface area (Å²) in [7, 11) is 0. The Morgan fingerprint density at radius 2 is 2.13 bits per heavy atom. The topological polar surface area (TPSA) is 50.2 Å². The van der Waals surface area contributed by atoms with Gasteiger partial charge in [0.15, 0.2) is 0 Å². The standard InChI is InChI=1S/C18H24N4O/c23-18(8-4-11-22-12-5-10-20-22)19-14-16-9-13-21(15-16)17-6-2-1-3-7-17/h1-3,5-7,10,12,16H,4,8-9,11,13-15H2,(H,19,23). The second-order valence-corrected chi connectivity index (χ2v) is 6.11. The van der Waals surface area contributed by atoms with E-state index in [1.807, 2.05) is 23.0 Å². The molecule has 0 aliphatic carbocycles. The predicted molar refractivity (Wildman–Crippen MR) is 91.2 cm³/mol. The summed E-state index contributed by atoms with van der Waals surface area (Å²) < 4.78 is 1.86. The van der Waals surface area contributed by atoms with Gasteiger partial charge in [0, 0.05) is 50.7 Å². The molecule has 2 aromatic rings. The molecule has 2 heterocycles. The maximum absolute atomic E-state index is 11.9. The number of carbonyl (C=O) groups is 1. The lowest BCUT2D eigenvalue weighted by atomic mass is 10.1. The number of rotatable bonds is 7. The lowest BCUT2D eigenvalue weighted by Gasteiger charge is -2.18. The summed E-state index contributed by atoms with van der Waals surface area (Å²) in [4.78, 5) is 14.3. The summed E-state index contributed by atoms with van der Waals surface area (Å²) in [5.74, 6) is 0.695. The molecule has 23 heavy (non-hydrogen) atoms. The fourth-order valence-electron chi connectivity index (χ4n) is 3.05. The van der Waals surface area contributed by atoms with Gasteiger partial charge >= 0.3 is 0 Å². The van der Waals surface area contributed by atoms with Crippen LogP contribution in [0.2, 0.25) is 0 Å². The average Bonchev–Trinajstić information content (AvgIpc) is 3.25. The zero-order chi connectivity index (χ0) is 15.9. The van der Waals surface area contributed by atoms with Crippen molar-refractivity contribution in [1.29, 1.82) is 0 Å². The van der Waals surface area contributed by atoms with Gasteiger partial charge in [-0.05, 0) is 37.0 Å². The van der Waals surface area contributed by atoms with Crippen molar-refractivity contribution in [3.05, 3.63) is 48.8 Å². The highest BCUT2D eigenvalue weighted by Crippen LogP contribution is 2.22. The first-order chi connectivity index (χ1) is 11.3. The molecule has 1 saturated heterocycles. The molecule has 1 aromatic heterocycles. The molecule has 0 bridgehead atoms. The van der Waals surface area contributed by atoms with Crippen LogP contribution in [0.1, 0.15) is 19.3 Å². The Hall–Kier alpha value is -2.30. The molecular formula is C18H24N4O. The number of aryl methyl sites for hydroxylation is 1. The number of carbonyl (C=O) groups excluding carboxylic acids is 1. The first-order valence-corrected chi connectivity index (χ1v) is 8.35. The third kappa shape index (κ3) is 4.58. The highest BCUT2D eigenvalue weighted by molar-refractivity contribution is 5.75. The Bertz CT molecular complexity index is 597. The molecule has 1 aliphatic rings. The van der Waals surface area contributed by atoms with Crippen LogP contribution in [0.4, 0.5) is 5.69 Å². The van der Waals surface area contributed by atoms with Gasteiger partial charge in [-0.15, -0.1) is 0 Å². The van der Waals surface area contributed by atoms with Gasteiger partial charge in [0.2, 0.25) is 5.91 Å². The quantitative estimate of drug-likeness (QED) is 0.853. The molecule has 122 valence electrons. The van der Waals surface area contributed by atoms with Crippen LogP contribution in [0.5, 0.6) is 0 Å². The van der Waals surface area contributed by atoms with Crippen LogP contribution in [0, 0.1) is 5.92 Å². The molecule has 5 nitrogen and oxygen atoms in total. The van der Waals surface area contributed by atoms with Gasteiger partial charge in [0.05, 0.1) is 0 Å². The minimum absolute atomic E-state index is 0.148. The normalized spacial score (nSPS) is 17.4. The van der Waals surface area contributed by atoms with E-state index < -0.39 is 0 Å². The first-order valence-electron chi connectivity index (χ1n) is 8.35. The zero-order valence-corrected chi connectivity index (χ0v) is 13.4. The number of benzene rings is 1. The Morgan fingerprint density at radius 1 is 1.26 bits per heavy atom. The van der Waals surface area contributed by atoms with E-state index in [-0.39, 0.29) is 5.91 Å². The van der Waals surface area contributed by atoms with Gasteiger partial charge in [0.1, 0.15) is 0 Å². The lowest BCUT2D eigenvalue weighted by Crippen LogP contribution is -2.31. The summed E-state index contributed by atoms with van der Waals surface area (Å²) >= 11 is 0. The van der Waals surface area contributed by atoms with Crippen molar-refractivity contribution in [2.24, 2.45) is 5.92 Å². The fourth-order valence-corrected chi connectivity index (χ4v) is 3.05. The summed E-state index contributed by atoms with van der Waals surface area (Å²) in [6.07, 6.45) is 6.22. The van der Waals surface area contributed by atoms with E-state index in [9.17, 15) is 4.79 Å². The van der Waals surface area contributed by atoms with Crippen molar-refractivity contribution < 1.29 is 4.79 Å². The van der Waals surface area contributed by atoms with Gasteiger partial charge in [-0.25, -0.2) is 0 Å². The maximum Gasteiger partial charge on any atom is 0.220 e. The summed E-state index contributed by atoms with van der Waals surface area (Å²) in [6.45, 7) is 3.68. The van der Waals surface area contributed by atoms with Gasteiger partial charge in [-0.1, -0.05) is 18.2 Å². The molecule has 1 aromatic carbocycles. The van der Waals surface area contributed by atoms with Crippen molar-refractivity contribution in [3.63, 3.8) is 0 Å². The molecule has 0 saturated carbocycles. The third-order valence-corrected chi connectivity index (χ3v) is 4.35. The summed E-state index contributed by atoms with van der Waals surface area (Å²) in [5, 5.41) is 7.22. The van der Waals surface area contributed by atoms with E-state index in [2.05, 4.69) is 39.6 Å². The van der Waals surface area contributed by atoms with Crippen LogP contribution in [0.3, 0.4) is 0 Å². The van der Waals surface area contributed by atoms with Crippen LogP contribution in [0.25, 0.3) is 0 Å². The van der Waals surface area contributed by atoms with Gasteiger partial charge in [-0.3, -0.25) is 9.48 Å². The van der Waals surface area contributed by atoms with Crippen LogP contribution in [-0.4, -0.2) is 35.3 Å². The van der Waals surface area contributed by atoms with E-state index in [0.29, 0.717) is 12.3 Å².